The van der Waals surface area contributed by atoms with E-state index in [0.29, 0.717) is 16.1 Å². The third-order valence-electron chi connectivity index (χ3n) is 4.62. The van der Waals surface area contributed by atoms with Crippen molar-refractivity contribution in [3.05, 3.63) is 27.7 Å². The van der Waals surface area contributed by atoms with Crippen molar-refractivity contribution in [2.24, 2.45) is 0 Å². The molecule has 0 amide bonds. The van der Waals surface area contributed by atoms with Gasteiger partial charge in [-0.1, -0.05) is 23.2 Å². The Morgan fingerprint density at radius 2 is 1.61 bits per heavy atom. The maximum absolute atomic E-state index is 11.4. The number of carbonyl (C=O) groups is 1. The number of anilines is 1. The monoisotopic (exact) mass is 376 g/mol. The molecule has 0 bridgehead atoms. The molecule has 7 heteroatoms. The van der Waals surface area contributed by atoms with E-state index in [1.165, 1.54) is 0 Å². The molecule has 0 N–H and O–H groups in total. The summed E-state index contributed by atoms with van der Waals surface area (Å²) in [5.41, 5.74) is 1.13. The van der Waals surface area contributed by atoms with E-state index in [9.17, 15) is 4.79 Å². The molecule has 1 aromatic carbocycles. The van der Waals surface area contributed by atoms with Crippen LogP contribution in [0.5, 0.6) is 0 Å². The minimum atomic E-state index is -0.627. The van der Waals surface area contributed by atoms with Gasteiger partial charge in [-0.05, 0) is 36.6 Å². The van der Waals surface area contributed by atoms with Gasteiger partial charge < -0.3 is 9.64 Å². The third kappa shape index (κ3) is 3.94. The molecule has 3 rings (SSSR count). The number of piperidine rings is 1. The molecule has 2 saturated heterocycles. The number of benzene rings is 1. The maximum Gasteiger partial charge on any atom is 0.255 e. The van der Waals surface area contributed by atoms with Crippen LogP contribution in [-0.4, -0.2) is 55.6 Å². The predicted octanol–water partition coefficient (Wildman–Crippen LogP) is 3.67. The molecule has 0 atom stereocenters. The zero-order chi connectivity index (χ0) is 16.4. The normalized spacial score (nSPS) is 20.7. The third-order valence-corrected chi connectivity index (χ3v) is 5.40. The molecule has 23 heavy (non-hydrogen) atoms. The summed E-state index contributed by atoms with van der Waals surface area (Å²) in [6.45, 7) is 5.61. The van der Waals surface area contributed by atoms with Gasteiger partial charge >= 0.3 is 0 Å². The summed E-state index contributed by atoms with van der Waals surface area (Å²) in [4.78, 5) is 16.1. The van der Waals surface area contributed by atoms with Crippen molar-refractivity contribution >= 4 is 45.7 Å². The van der Waals surface area contributed by atoms with E-state index in [-0.39, 0.29) is 5.56 Å². The first-order chi connectivity index (χ1) is 11.1. The van der Waals surface area contributed by atoms with Crippen molar-refractivity contribution < 1.29 is 9.53 Å². The lowest BCUT2D eigenvalue weighted by Crippen LogP contribution is -2.49. The van der Waals surface area contributed by atoms with E-state index in [2.05, 4.69) is 9.80 Å². The molecule has 4 nitrogen and oxygen atoms in total. The lowest BCUT2D eigenvalue weighted by atomic mass is 10.0. The Bertz CT molecular complexity index is 560. The van der Waals surface area contributed by atoms with Crippen molar-refractivity contribution in [2.75, 3.05) is 44.3 Å². The fraction of sp³-hybridized carbons (Fsp3) is 0.562. The quantitative estimate of drug-likeness (QED) is 0.752. The van der Waals surface area contributed by atoms with Crippen LogP contribution in [-0.2, 0) is 4.74 Å². The van der Waals surface area contributed by atoms with Gasteiger partial charge in [0, 0.05) is 37.9 Å². The smallest absolute Gasteiger partial charge is 0.255 e. The second kappa shape index (κ2) is 7.58. The molecule has 1 aromatic rings. The number of ether oxygens (including phenoxy) is 1. The Labute approximate surface area is 151 Å². The Balaban J connectivity index is 1.66. The fourth-order valence-electron chi connectivity index (χ4n) is 3.36. The van der Waals surface area contributed by atoms with Gasteiger partial charge in [0.25, 0.3) is 5.24 Å². The standard InChI is InChI=1S/C16H19Cl3N2O2/c17-13-9-12(10-14(18)15(13)16(19)22)20-3-1-11(2-4-20)21-5-7-23-8-6-21/h9-11H,1-8H2. The molecule has 126 valence electrons. The van der Waals surface area contributed by atoms with Gasteiger partial charge in [-0.15, -0.1) is 0 Å². The van der Waals surface area contributed by atoms with Crippen molar-refractivity contribution in [3.8, 4) is 0 Å². The minimum absolute atomic E-state index is 0.182. The summed E-state index contributed by atoms with van der Waals surface area (Å²) in [5, 5.41) is -0.0109. The summed E-state index contributed by atoms with van der Waals surface area (Å²) in [6.07, 6.45) is 2.21. The van der Waals surface area contributed by atoms with Crippen molar-refractivity contribution in [2.45, 2.75) is 18.9 Å². The second-order valence-corrected chi connectivity index (χ2v) is 7.08. The van der Waals surface area contributed by atoms with Crippen LogP contribution >= 0.6 is 34.8 Å². The summed E-state index contributed by atoms with van der Waals surface area (Å²) in [5.74, 6) is 0. The van der Waals surface area contributed by atoms with Gasteiger partial charge in [-0.2, -0.15) is 0 Å². The van der Waals surface area contributed by atoms with Crippen LogP contribution in [0, 0.1) is 0 Å². The number of hydrogen-bond acceptors (Lipinski definition) is 4. The molecule has 2 aliphatic rings. The highest BCUT2D eigenvalue weighted by molar-refractivity contribution is 6.70. The van der Waals surface area contributed by atoms with Gasteiger partial charge in [-0.25, -0.2) is 0 Å². The van der Waals surface area contributed by atoms with Gasteiger partial charge in [-0.3, -0.25) is 9.69 Å². The van der Waals surface area contributed by atoms with E-state index >= 15 is 0 Å². The first-order valence-corrected chi connectivity index (χ1v) is 8.95. The molecule has 0 saturated carbocycles. The second-order valence-electron chi connectivity index (χ2n) is 5.92. The van der Waals surface area contributed by atoms with Gasteiger partial charge in [0.1, 0.15) is 0 Å². The molecule has 0 spiro atoms. The fourth-order valence-corrected chi connectivity index (χ4v) is 4.31. The molecule has 0 unspecified atom stereocenters. The van der Waals surface area contributed by atoms with E-state index in [0.717, 1.165) is 57.9 Å². The Morgan fingerprint density at radius 3 is 2.13 bits per heavy atom. The Morgan fingerprint density at radius 1 is 1.04 bits per heavy atom. The molecule has 2 aliphatic heterocycles. The van der Waals surface area contributed by atoms with E-state index in [1.54, 1.807) is 12.1 Å². The number of halogens is 3. The Hall–Kier alpha value is -0.520. The van der Waals surface area contributed by atoms with E-state index < -0.39 is 5.24 Å². The first-order valence-electron chi connectivity index (χ1n) is 7.82. The van der Waals surface area contributed by atoms with Crippen molar-refractivity contribution in [1.29, 1.82) is 0 Å². The van der Waals surface area contributed by atoms with Crippen molar-refractivity contribution in [3.63, 3.8) is 0 Å². The molecular formula is C16H19Cl3N2O2. The molecule has 2 heterocycles. The lowest BCUT2D eigenvalue weighted by Gasteiger charge is -2.41. The van der Waals surface area contributed by atoms with Gasteiger partial charge in [0.15, 0.2) is 0 Å². The van der Waals surface area contributed by atoms with Crippen LogP contribution in [0.3, 0.4) is 0 Å². The number of hydrogen-bond donors (Lipinski definition) is 0. The maximum atomic E-state index is 11.4. The van der Waals surface area contributed by atoms with Gasteiger partial charge in [0.05, 0.1) is 28.8 Å². The Kier molecular flexibility index (Phi) is 5.70. The van der Waals surface area contributed by atoms with Crippen molar-refractivity contribution in [1.82, 2.24) is 4.90 Å². The number of morpholine rings is 1. The SMILES string of the molecule is O=C(Cl)c1c(Cl)cc(N2CCC(N3CCOCC3)CC2)cc1Cl. The molecule has 2 fully saturated rings. The predicted molar refractivity (Wildman–Crippen MR) is 94.3 cm³/mol. The molecule has 0 radical (unpaired) electrons. The summed E-state index contributed by atoms with van der Waals surface area (Å²) in [7, 11) is 0. The summed E-state index contributed by atoms with van der Waals surface area (Å²) in [6, 6.07) is 4.17. The van der Waals surface area contributed by atoms with E-state index in [4.69, 9.17) is 39.5 Å². The van der Waals surface area contributed by atoms with Crippen LogP contribution < -0.4 is 4.90 Å². The summed E-state index contributed by atoms with van der Waals surface area (Å²) >= 11 is 17.8. The highest BCUT2D eigenvalue weighted by atomic mass is 35.5. The van der Waals surface area contributed by atoms with Gasteiger partial charge in [0.2, 0.25) is 0 Å². The average Bonchev–Trinajstić information content (AvgIpc) is 2.55. The highest BCUT2D eigenvalue weighted by Gasteiger charge is 2.26. The van der Waals surface area contributed by atoms with Crippen LogP contribution in [0.2, 0.25) is 10.0 Å². The van der Waals surface area contributed by atoms with E-state index in [1.807, 2.05) is 0 Å². The number of carbonyl (C=O) groups excluding carboxylic acids is 1. The minimum Gasteiger partial charge on any atom is -0.379 e. The average molecular weight is 378 g/mol. The zero-order valence-electron chi connectivity index (χ0n) is 12.7. The van der Waals surface area contributed by atoms with Crippen LogP contribution in [0.1, 0.15) is 23.2 Å². The van der Waals surface area contributed by atoms with Crippen LogP contribution in [0.25, 0.3) is 0 Å². The highest BCUT2D eigenvalue weighted by Crippen LogP contribution is 2.33. The van der Waals surface area contributed by atoms with Crippen LogP contribution in [0.15, 0.2) is 12.1 Å². The summed E-state index contributed by atoms with van der Waals surface area (Å²) < 4.78 is 5.42. The largest absolute Gasteiger partial charge is 0.379 e. The lowest BCUT2D eigenvalue weighted by molar-refractivity contribution is 0.0115. The topological polar surface area (TPSA) is 32.8 Å². The first kappa shape index (κ1) is 17.3. The molecular weight excluding hydrogens is 359 g/mol. The molecule has 0 aliphatic carbocycles. The number of rotatable bonds is 3. The molecule has 0 aromatic heterocycles. The zero-order valence-corrected chi connectivity index (χ0v) is 15.0. The van der Waals surface area contributed by atoms with Crippen LogP contribution in [0.4, 0.5) is 5.69 Å². The number of nitrogens with zero attached hydrogens (tertiary/aromatic N) is 2.